The number of anilines is 1. The average molecular weight is 291 g/mol. The molecule has 0 fully saturated rings. The van der Waals surface area contributed by atoms with Gasteiger partial charge in [-0.1, -0.05) is 25.1 Å². The molecule has 116 valence electrons. The van der Waals surface area contributed by atoms with Crippen LogP contribution < -0.4 is 15.7 Å². The zero-order valence-corrected chi connectivity index (χ0v) is 12.9. The van der Waals surface area contributed by atoms with Gasteiger partial charge in [0.1, 0.15) is 0 Å². The molecular formula is C16H25N3O2. The van der Waals surface area contributed by atoms with Crippen LogP contribution in [0.3, 0.4) is 0 Å². The quantitative estimate of drug-likeness (QED) is 0.371. The predicted molar refractivity (Wildman–Crippen MR) is 86.2 cm³/mol. The van der Waals surface area contributed by atoms with Crippen molar-refractivity contribution in [2.75, 3.05) is 25.5 Å². The standard InChI is InChI=1S/C16H25N3O2/c1-13(14-8-10-15(11-9-14)19(2)3)17-12-6-4-5-7-16(20)18-21/h8-11,17,21H,1,4-7,12H2,2-3H3,(H,18,20). The highest BCUT2D eigenvalue weighted by Gasteiger charge is 2.01. The molecular weight excluding hydrogens is 266 g/mol. The van der Waals surface area contributed by atoms with Gasteiger partial charge in [0, 0.05) is 38.4 Å². The first-order chi connectivity index (χ1) is 10.0. The van der Waals surface area contributed by atoms with Crippen LogP contribution in [0.25, 0.3) is 5.70 Å². The lowest BCUT2D eigenvalue weighted by molar-refractivity contribution is -0.129. The number of amides is 1. The van der Waals surface area contributed by atoms with E-state index in [1.807, 2.05) is 14.1 Å². The molecule has 1 rings (SSSR count). The minimum atomic E-state index is -0.326. The Morgan fingerprint density at radius 2 is 1.86 bits per heavy atom. The Morgan fingerprint density at radius 1 is 1.19 bits per heavy atom. The summed E-state index contributed by atoms with van der Waals surface area (Å²) in [7, 11) is 4.03. The summed E-state index contributed by atoms with van der Waals surface area (Å²) in [5, 5.41) is 11.7. The number of hydrogen-bond donors (Lipinski definition) is 3. The molecule has 0 saturated heterocycles. The molecule has 0 spiro atoms. The van der Waals surface area contributed by atoms with Crippen molar-refractivity contribution < 1.29 is 10.0 Å². The summed E-state index contributed by atoms with van der Waals surface area (Å²) in [4.78, 5) is 12.9. The van der Waals surface area contributed by atoms with Crippen LogP contribution in [-0.2, 0) is 4.79 Å². The van der Waals surface area contributed by atoms with Gasteiger partial charge >= 0.3 is 0 Å². The summed E-state index contributed by atoms with van der Waals surface area (Å²) in [6.45, 7) is 4.87. The normalized spacial score (nSPS) is 10.0. The third-order valence-electron chi connectivity index (χ3n) is 3.28. The van der Waals surface area contributed by atoms with Crippen molar-refractivity contribution in [2.24, 2.45) is 0 Å². The molecule has 0 saturated carbocycles. The Bertz CT molecular complexity index is 455. The molecule has 0 aliphatic heterocycles. The first-order valence-corrected chi connectivity index (χ1v) is 7.18. The maximum Gasteiger partial charge on any atom is 0.243 e. The van der Waals surface area contributed by atoms with Crippen LogP contribution in [0.2, 0.25) is 0 Å². The van der Waals surface area contributed by atoms with Crippen molar-refractivity contribution in [3.05, 3.63) is 36.4 Å². The summed E-state index contributed by atoms with van der Waals surface area (Å²) in [6.07, 6.45) is 3.04. The summed E-state index contributed by atoms with van der Waals surface area (Å²) in [6, 6.07) is 8.23. The van der Waals surface area contributed by atoms with Crippen LogP contribution in [0, 0.1) is 0 Å². The highest BCUT2D eigenvalue weighted by atomic mass is 16.5. The van der Waals surface area contributed by atoms with Crippen molar-refractivity contribution in [3.8, 4) is 0 Å². The fraction of sp³-hybridized carbons (Fsp3) is 0.438. The van der Waals surface area contributed by atoms with E-state index in [1.165, 1.54) is 0 Å². The molecule has 0 aliphatic rings. The number of hydroxylamine groups is 1. The molecule has 3 N–H and O–H groups in total. The van der Waals surface area contributed by atoms with E-state index in [-0.39, 0.29) is 5.91 Å². The summed E-state index contributed by atoms with van der Waals surface area (Å²) in [5.41, 5.74) is 4.79. The molecule has 0 aromatic heterocycles. The minimum absolute atomic E-state index is 0.326. The van der Waals surface area contributed by atoms with Crippen LogP contribution in [0.4, 0.5) is 5.69 Å². The number of carbonyl (C=O) groups is 1. The topological polar surface area (TPSA) is 64.6 Å². The fourth-order valence-corrected chi connectivity index (χ4v) is 1.95. The lowest BCUT2D eigenvalue weighted by Gasteiger charge is -2.14. The third-order valence-corrected chi connectivity index (χ3v) is 3.28. The van der Waals surface area contributed by atoms with Gasteiger partial charge < -0.3 is 10.2 Å². The Morgan fingerprint density at radius 3 is 2.43 bits per heavy atom. The molecule has 1 aromatic rings. The number of carbonyl (C=O) groups excluding carboxylic acids is 1. The van der Waals surface area contributed by atoms with Crippen molar-refractivity contribution >= 4 is 17.3 Å². The number of hydrogen-bond acceptors (Lipinski definition) is 4. The number of unbranched alkanes of at least 4 members (excludes halogenated alkanes) is 2. The second-order valence-electron chi connectivity index (χ2n) is 5.19. The van der Waals surface area contributed by atoms with Gasteiger partial charge in [-0.15, -0.1) is 0 Å². The van der Waals surface area contributed by atoms with Crippen molar-refractivity contribution in [3.63, 3.8) is 0 Å². The van der Waals surface area contributed by atoms with Gasteiger partial charge in [0.25, 0.3) is 0 Å². The van der Waals surface area contributed by atoms with E-state index in [0.29, 0.717) is 6.42 Å². The van der Waals surface area contributed by atoms with E-state index in [2.05, 4.69) is 41.1 Å². The number of benzene rings is 1. The van der Waals surface area contributed by atoms with Crippen molar-refractivity contribution in [2.45, 2.75) is 25.7 Å². The zero-order valence-electron chi connectivity index (χ0n) is 12.9. The van der Waals surface area contributed by atoms with Crippen LogP contribution in [-0.4, -0.2) is 31.8 Å². The molecule has 0 heterocycles. The Kier molecular flexibility index (Phi) is 7.32. The summed E-state index contributed by atoms with van der Waals surface area (Å²) >= 11 is 0. The SMILES string of the molecule is C=C(NCCCCCC(=O)NO)c1ccc(N(C)C)cc1. The molecule has 1 aromatic carbocycles. The number of rotatable bonds is 9. The molecule has 0 bridgehead atoms. The van der Waals surface area contributed by atoms with Gasteiger partial charge in [0.15, 0.2) is 0 Å². The zero-order chi connectivity index (χ0) is 15.7. The van der Waals surface area contributed by atoms with Gasteiger partial charge in [-0.25, -0.2) is 5.48 Å². The molecule has 0 unspecified atom stereocenters. The average Bonchev–Trinajstić information content (AvgIpc) is 2.50. The maximum atomic E-state index is 10.8. The molecule has 0 atom stereocenters. The van der Waals surface area contributed by atoms with Gasteiger partial charge in [-0.2, -0.15) is 0 Å². The van der Waals surface area contributed by atoms with Gasteiger partial charge in [0.2, 0.25) is 5.91 Å². The smallest absolute Gasteiger partial charge is 0.243 e. The first-order valence-electron chi connectivity index (χ1n) is 7.18. The monoisotopic (exact) mass is 291 g/mol. The predicted octanol–water partition coefficient (Wildman–Crippen LogP) is 2.38. The fourth-order valence-electron chi connectivity index (χ4n) is 1.95. The molecule has 5 nitrogen and oxygen atoms in total. The largest absolute Gasteiger partial charge is 0.385 e. The summed E-state index contributed by atoms with van der Waals surface area (Å²) < 4.78 is 0. The lowest BCUT2D eigenvalue weighted by atomic mass is 10.1. The van der Waals surface area contributed by atoms with Gasteiger partial charge in [0.05, 0.1) is 0 Å². The molecule has 5 heteroatoms. The van der Waals surface area contributed by atoms with E-state index in [9.17, 15) is 4.79 Å². The van der Waals surface area contributed by atoms with Crippen molar-refractivity contribution in [1.29, 1.82) is 0 Å². The van der Waals surface area contributed by atoms with Gasteiger partial charge in [-0.3, -0.25) is 10.0 Å². The lowest BCUT2D eigenvalue weighted by Crippen LogP contribution is -2.18. The maximum absolute atomic E-state index is 10.8. The van der Waals surface area contributed by atoms with Crippen molar-refractivity contribution in [1.82, 2.24) is 10.8 Å². The third kappa shape index (κ3) is 6.31. The van der Waals surface area contributed by atoms with E-state index in [0.717, 1.165) is 42.8 Å². The van der Waals surface area contributed by atoms with Gasteiger partial charge in [-0.05, 0) is 30.5 Å². The number of nitrogens with zero attached hydrogens (tertiary/aromatic N) is 1. The van der Waals surface area contributed by atoms with E-state index in [1.54, 1.807) is 5.48 Å². The Labute approximate surface area is 126 Å². The minimum Gasteiger partial charge on any atom is -0.385 e. The molecule has 0 aliphatic carbocycles. The first kappa shape index (κ1) is 17.0. The van der Waals surface area contributed by atoms with E-state index >= 15 is 0 Å². The Balaban J connectivity index is 2.23. The molecule has 0 radical (unpaired) electrons. The highest BCUT2D eigenvalue weighted by molar-refractivity contribution is 5.74. The molecule has 1 amide bonds. The molecule has 21 heavy (non-hydrogen) atoms. The van der Waals surface area contributed by atoms with E-state index < -0.39 is 0 Å². The van der Waals surface area contributed by atoms with Crippen LogP contribution in [0.5, 0.6) is 0 Å². The second-order valence-corrected chi connectivity index (χ2v) is 5.19. The highest BCUT2D eigenvalue weighted by Crippen LogP contribution is 2.16. The van der Waals surface area contributed by atoms with E-state index in [4.69, 9.17) is 5.21 Å². The second kappa shape index (κ2) is 9.02. The van der Waals surface area contributed by atoms with Crippen LogP contribution in [0.1, 0.15) is 31.2 Å². The van der Waals surface area contributed by atoms with Crippen LogP contribution in [0.15, 0.2) is 30.8 Å². The Hall–Kier alpha value is -2.01. The number of nitrogens with one attached hydrogen (secondary N) is 2. The summed E-state index contributed by atoms with van der Waals surface area (Å²) in [5.74, 6) is -0.326. The van der Waals surface area contributed by atoms with Crippen LogP contribution >= 0.6 is 0 Å².